The van der Waals surface area contributed by atoms with E-state index < -0.39 is 12.1 Å². The molecule has 116 valence electrons. The van der Waals surface area contributed by atoms with Gasteiger partial charge in [0.2, 0.25) is 0 Å². The molecule has 4 heteroatoms. The van der Waals surface area contributed by atoms with Crippen LogP contribution in [-0.4, -0.2) is 48.8 Å². The van der Waals surface area contributed by atoms with E-state index in [9.17, 15) is 9.90 Å². The Bertz CT molecular complexity index is 313. The molecule has 0 amide bonds. The summed E-state index contributed by atoms with van der Waals surface area (Å²) in [5.74, 6) is 1.32. The molecule has 2 rings (SSSR count). The summed E-state index contributed by atoms with van der Waals surface area (Å²) in [5, 5.41) is 9.89. The lowest BCUT2D eigenvalue weighted by Crippen LogP contribution is -2.42. The molecular weight excluding hydrogens is 254 g/mol. The number of rotatable bonds is 4. The van der Waals surface area contributed by atoms with Crippen molar-refractivity contribution in [3.8, 4) is 0 Å². The molecule has 1 aliphatic heterocycles. The van der Waals surface area contributed by atoms with Gasteiger partial charge in [-0.1, -0.05) is 19.8 Å². The van der Waals surface area contributed by atoms with E-state index >= 15 is 0 Å². The van der Waals surface area contributed by atoms with Crippen LogP contribution in [0.25, 0.3) is 0 Å². The first-order valence-corrected chi connectivity index (χ1v) is 8.08. The van der Waals surface area contributed by atoms with Gasteiger partial charge in [-0.25, -0.2) is 4.79 Å². The van der Waals surface area contributed by atoms with E-state index in [-0.39, 0.29) is 5.92 Å². The fraction of sp³-hybridized carbons (Fsp3) is 0.938. The lowest BCUT2D eigenvalue weighted by atomic mass is 9.81. The highest BCUT2D eigenvalue weighted by molar-refractivity contribution is 5.74. The Kier molecular flexibility index (Phi) is 5.85. The predicted octanol–water partition coefficient (Wildman–Crippen LogP) is 2.06. The maximum absolute atomic E-state index is 11.4. The minimum Gasteiger partial charge on any atom is -0.467 e. The first kappa shape index (κ1) is 15.8. The summed E-state index contributed by atoms with van der Waals surface area (Å²) in [4.78, 5) is 13.9. The normalized spacial score (nSPS) is 30.9. The molecule has 4 nitrogen and oxygen atoms in total. The maximum atomic E-state index is 11.4. The van der Waals surface area contributed by atoms with Gasteiger partial charge in [-0.05, 0) is 56.5 Å². The van der Waals surface area contributed by atoms with Crippen LogP contribution in [0.5, 0.6) is 0 Å². The van der Waals surface area contributed by atoms with Crippen LogP contribution in [0.4, 0.5) is 0 Å². The number of carbonyl (C=O) groups is 1. The summed E-state index contributed by atoms with van der Waals surface area (Å²) >= 11 is 0. The molecule has 2 fully saturated rings. The average molecular weight is 283 g/mol. The van der Waals surface area contributed by atoms with Gasteiger partial charge in [0.15, 0.2) is 6.10 Å². The van der Waals surface area contributed by atoms with E-state index in [0.717, 1.165) is 37.8 Å². The summed E-state index contributed by atoms with van der Waals surface area (Å²) in [5.41, 5.74) is 0. The maximum Gasteiger partial charge on any atom is 0.334 e. The zero-order chi connectivity index (χ0) is 14.5. The quantitative estimate of drug-likeness (QED) is 0.802. The standard InChI is InChI=1S/C16H29NO3/c1-12-4-3-5-13(10-12)11-17-8-6-14(7-9-17)15(18)16(19)20-2/h12-15,18H,3-11H2,1-2H3. The van der Waals surface area contributed by atoms with Gasteiger partial charge in [-0.2, -0.15) is 0 Å². The molecule has 0 radical (unpaired) electrons. The number of aliphatic hydroxyl groups is 1. The number of aliphatic hydroxyl groups excluding tert-OH is 1. The first-order chi connectivity index (χ1) is 9.60. The van der Waals surface area contributed by atoms with Crippen LogP contribution in [-0.2, 0) is 9.53 Å². The molecule has 2 aliphatic rings. The molecular formula is C16H29NO3. The predicted molar refractivity (Wildman–Crippen MR) is 78.3 cm³/mol. The van der Waals surface area contributed by atoms with E-state index in [1.807, 2.05) is 0 Å². The third-order valence-electron chi connectivity index (χ3n) is 5.08. The van der Waals surface area contributed by atoms with E-state index in [1.165, 1.54) is 39.3 Å². The lowest BCUT2D eigenvalue weighted by molar-refractivity contribution is -0.154. The third-order valence-corrected chi connectivity index (χ3v) is 5.08. The van der Waals surface area contributed by atoms with Crippen molar-refractivity contribution in [2.75, 3.05) is 26.7 Å². The van der Waals surface area contributed by atoms with Crippen LogP contribution in [0.3, 0.4) is 0 Å². The SMILES string of the molecule is COC(=O)C(O)C1CCN(CC2CCCC(C)C2)CC1. The molecule has 1 saturated carbocycles. The number of piperidine rings is 1. The Hall–Kier alpha value is -0.610. The Morgan fingerprint density at radius 2 is 2.00 bits per heavy atom. The van der Waals surface area contributed by atoms with Crippen molar-refractivity contribution in [3.05, 3.63) is 0 Å². The second-order valence-corrected chi connectivity index (χ2v) is 6.74. The second-order valence-electron chi connectivity index (χ2n) is 6.74. The number of nitrogens with zero attached hydrogens (tertiary/aromatic N) is 1. The fourth-order valence-corrected chi connectivity index (χ4v) is 3.86. The highest BCUT2D eigenvalue weighted by atomic mass is 16.5. The molecule has 0 spiro atoms. The smallest absolute Gasteiger partial charge is 0.334 e. The van der Waals surface area contributed by atoms with E-state index in [4.69, 9.17) is 0 Å². The highest BCUT2D eigenvalue weighted by Gasteiger charge is 2.31. The van der Waals surface area contributed by atoms with Crippen LogP contribution in [0, 0.1) is 17.8 Å². The molecule has 1 N–H and O–H groups in total. The number of hydrogen-bond acceptors (Lipinski definition) is 4. The molecule has 1 heterocycles. The van der Waals surface area contributed by atoms with Crippen LogP contribution in [0.15, 0.2) is 0 Å². The Labute approximate surface area is 122 Å². The van der Waals surface area contributed by atoms with Crippen molar-refractivity contribution in [2.45, 2.75) is 51.6 Å². The summed E-state index contributed by atoms with van der Waals surface area (Å²) in [6.07, 6.45) is 6.38. The van der Waals surface area contributed by atoms with Crippen molar-refractivity contribution in [2.24, 2.45) is 17.8 Å². The Morgan fingerprint density at radius 3 is 2.60 bits per heavy atom. The van der Waals surface area contributed by atoms with Gasteiger partial charge in [0.25, 0.3) is 0 Å². The summed E-state index contributed by atoms with van der Waals surface area (Å²) in [6.45, 7) is 5.57. The monoisotopic (exact) mass is 283 g/mol. The van der Waals surface area contributed by atoms with E-state index in [2.05, 4.69) is 16.6 Å². The van der Waals surface area contributed by atoms with Crippen LogP contribution >= 0.6 is 0 Å². The Morgan fingerprint density at radius 1 is 1.30 bits per heavy atom. The summed E-state index contributed by atoms with van der Waals surface area (Å²) in [7, 11) is 1.34. The number of esters is 1. The molecule has 1 saturated heterocycles. The van der Waals surface area contributed by atoms with Crippen LogP contribution in [0.1, 0.15) is 45.4 Å². The number of ether oxygens (including phenoxy) is 1. The molecule has 20 heavy (non-hydrogen) atoms. The van der Waals surface area contributed by atoms with Crippen molar-refractivity contribution in [1.29, 1.82) is 0 Å². The molecule has 3 atom stereocenters. The zero-order valence-corrected chi connectivity index (χ0v) is 12.9. The van der Waals surface area contributed by atoms with Crippen molar-refractivity contribution >= 4 is 5.97 Å². The highest BCUT2D eigenvalue weighted by Crippen LogP contribution is 2.30. The van der Waals surface area contributed by atoms with Gasteiger partial charge < -0.3 is 14.7 Å². The Balaban J connectivity index is 1.72. The van der Waals surface area contributed by atoms with Gasteiger partial charge in [-0.3, -0.25) is 0 Å². The molecule has 0 bridgehead atoms. The summed E-state index contributed by atoms with van der Waals surface area (Å²) in [6, 6.07) is 0. The van der Waals surface area contributed by atoms with Gasteiger partial charge >= 0.3 is 5.97 Å². The second kappa shape index (κ2) is 7.41. The fourth-order valence-electron chi connectivity index (χ4n) is 3.86. The zero-order valence-electron chi connectivity index (χ0n) is 12.9. The van der Waals surface area contributed by atoms with Crippen molar-refractivity contribution < 1.29 is 14.6 Å². The largest absolute Gasteiger partial charge is 0.467 e. The van der Waals surface area contributed by atoms with Crippen LogP contribution < -0.4 is 0 Å². The van der Waals surface area contributed by atoms with Gasteiger partial charge in [-0.15, -0.1) is 0 Å². The van der Waals surface area contributed by atoms with Crippen molar-refractivity contribution in [3.63, 3.8) is 0 Å². The van der Waals surface area contributed by atoms with Gasteiger partial charge in [0.05, 0.1) is 7.11 Å². The van der Waals surface area contributed by atoms with E-state index in [0.29, 0.717) is 0 Å². The number of hydrogen-bond donors (Lipinski definition) is 1. The number of methoxy groups -OCH3 is 1. The molecule has 0 aromatic rings. The summed E-state index contributed by atoms with van der Waals surface area (Å²) < 4.78 is 4.62. The topological polar surface area (TPSA) is 49.8 Å². The average Bonchev–Trinajstić information content (AvgIpc) is 2.46. The van der Waals surface area contributed by atoms with Gasteiger partial charge in [0.1, 0.15) is 0 Å². The minimum absolute atomic E-state index is 0.0731. The van der Waals surface area contributed by atoms with Gasteiger partial charge in [0, 0.05) is 6.54 Å². The minimum atomic E-state index is -0.933. The lowest BCUT2D eigenvalue weighted by Gasteiger charge is -2.37. The number of likely N-dealkylation sites (tertiary alicyclic amines) is 1. The molecule has 1 aliphatic carbocycles. The molecule has 0 aromatic carbocycles. The third kappa shape index (κ3) is 4.19. The van der Waals surface area contributed by atoms with Crippen molar-refractivity contribution in [1.82, 2.24) is 4.90 Å². The first-order valence-electron chi connectivity index (χ1n) is 8.08. The van der Waals surface area contributed by atoms with Crippen LogP contribution in [0.2, 0.25) is 0 Å². The van der Waals surface area contributed by atoms with E-state index in [1.54, 1.807) is 0 Å². The number of carbonyl (C=O) groups excluding carboxylic acids is 1. The molecule has 0 aromatic heterocycles. The molecule has 3 unspecified atom stereocenters.